The van der Waals surface area contributed by atoms with Crippen molar-refractivity contribution in [2.75, 3.05) is 6.79 Å². The Hall–Kier alpha value is -4.05. The fourth-order valence-corrected chi connectivity index (χ4v) is 4.29. The second kappa shape index (κ2) is 9.90. The van der Waals surface area contributed by atoms with Gasteiger partial charge >= 0.3 is 6.18 Å². The van der Waals surface area contributed by atoms with Crippen LogP contribution in [0.5, 0.6) is 17.2 Å². The van der Waals surface area contributed by atoms with Gasteiger partial charge in [-0.05, 0) is 59.7 Å². The van der Waals surface area contributed by atoms with Gasteiger partial charge in [0.25, 0.3) is 5.91 Å². The lowest BCUT2D eigenvalue weighted by Gasteiger charge is -2.09. The first-order valence-electron chi connectivity index (χ1n) is 10.9. The molecule has 10 heteroatoms. The van der Waals surface area contributed by atoms with E-state index < -0.39 is 11.7 Å². The maximum absolute atomic E-state index is 12.7. The first-order chi connectivity index (χ1) is 17.3. The number of alkyl halides is 3. The summed E-state index contributed by atoms with van der Waals surface area (Å²) in [5.74, 6) is 1.62. The molecule has 0 spiro atoms. The third kappa shape index (κ3) is 5.44. The lowest BCUT2D eigenvalue weighted by molar-refractivity contribution is -0.137. The van der Waals surface area contributed by atoms with E-state index in [1.165, 1.54) is 23.5 Å². The number of nitrogens with zero attached hydrogens (tertiary/aromatic N) is 1. The maximum Gasteiger partial charge on any atom is 0.416 e. The number of amides is 1. The molecule has 0 atom stereocenters. The molecule has 184 valence electrons. The highest BCUT2D eigenvalue weighted by molar-refractivity contribution is 7.13. The van der Waals surface area contributed by atoms with Crippen LogP contribution in [-0.4, -0.2) is 17.7 Å². The molecule has 1 N–H and O–H groups in total. The van der Waals surface area contributed by atoms with Crippen LogP contribution in [0.3, 0.4) is 0 Å². The Morgan fingerprint density at radius 1 is 0.972 bits per heavy atom. The monoisotopic (exact) mass is 512 g/mol. The van der Waals surface area contributed by atoms with Crippen molar-refractivity contribution in [1.82, 2.24) is 10.3 Å². The Labute approximate surface area is 208 Å². The summed E-state index contributed by atoms with van der Waals surface area (Å²) in [5.41, 5.74) is 1.95. The van der Waals surface area contributed by atoms with Crippen LogP contribution in [0, 0.1) is 0 Å². The number of carbonyl (C=O) groups excluding carboxylic acids is 1. The Balaban J connectivity index is 1.15. The topological polar surface area (TPSA) is 69.7 Å². The lowest BCUT2D eigenvalue weighted by atomic mass is 10.1. The zero-order valence-electron chi connectivity index (χ0n) is 18.7. The molecule has 0 unspecified atom stereocenters. The van der Waals surface area contributed by atoms with E-state index in [0.29, 0.717) is 40.1 Å². The van der Waals surface area contributed by atoms with Gasteiger partial charge < -0.3 is 19.5 Å². The van der Waals surface area contributed by atoms with E-state index in [1.807, 2.05) is 30.3 Å². The number of halogens is 3. The molecule has 36 heavy (non-hydrogen) atoms. The molecule has 0 radical (unpaired) electrons. The van der Waals surface area contributed by atoms with Crippen LogP contribution in [0.2, 0.25) is 0 Å². The molecule has 5 rings (SSSR count). The lowest BCUT2D eigenvalue weighted by Crippen LogP contribution is -2.23. The van der Waals surface area contributed by atoms with Crippen molar-refractivity contribution < 1.29 is 32.2 Å². The van der Waals surface area contributed by atoms with Gasteiger partial charge in [0, 0.05) is 17.5 Å². The number of aromatic nitrogens is 1. The van der Waals surface area contributed by atoms with Crippen LogP contribution in [0.1, 0.15) is 27.2 Å². The SMILES string of the molecule is O=C(NCc1ccc2c(c1)OCO2)c1csc(-c2ccc(OCc3ccc(C(F)(F)F)cc3)cc2)n1. The maximum atomic E-state index is 12.7. The Bertz CT molecular complexity index is 1370. The van der Waals surface area contributed by atoms with Crippen LogP contribution in [0.15, 0.2) is 72.1 Å². The average molecular weight is 513 g/mol. The number of carbonyl (C=O) groups is 1. The predicted molar refractivity (Wildman–Crippen MR) is 127 cm³/mol. The highest BCUT2D eigenvalue weighted by Gasteiger charge is 2.29. The molecule has 0 fully saturated rings. The highest BCUT2D eigenvalue weighted by atomic mass is 32.1. The van der Waals surface area contributed by atoms with Gasteiger partial charge in [0.1, 0.15) is 23.1 Å². The van der Waals surface area contributed by atoms with Gasteiger partial charge in [0.15, 0.2) is 11.5 Å². The van der Waals surface area contributed by atoms with Crippen LogP contribution in [-0.2, 0) is 19.3 Å². The molecule has 2 heterocycles. The Morgan fingerprint density at radius 2 is 1.69 bits per heavy atom. The molecule has 1 aliphatic rings. The summed E-state index contributed by atoms with van der Waals surface area (Å²) < 4.78 is 54.3. The fourth-order valence-electron chi connectivity index (χ4n) is 3.48. The average Bonchev–Trinajstić information content (AvgIpc) is 3.56. The quantitative estimate of drug-likeness (QED) is 0.326. The highest BCUT2D eigenvalue weighted by Crippen LogP contribution is 2.33. The minimum atomic E-state index is -4.36. The third-order valence-corrected chi connectivity index (χ3v) is 6.31. The summed E-state index contributed by atoms with van der Waals surface area (Å²) in [4.78, 5) is 17.0. The van der Waals surface area contributed by atoms with Crippen molar-refractivity contribution in [1.29, 1.82) is 0 Å². The molecule has 0 saturated heterocycles. The summed E-state index contributed by atoms with van der Waals surface area (Å²) in [6.07, 6.45) is -4.36. The van der Waals surface area contributed by atoms with Crippen molar-refractivity contribution in [2.24, 2.45) is 0 Å². The molecule has 3 aromatic carbocycles. The van der Waals surface area contributed by atoms with Crippen molar-refractivity contribution in [3.63, 3.8) is 0 Å². The van der Waals surface area contributed by atoms with Crippen molar-refractivity contribution in [3.05, 3.63) is 94.5 Å². The molecular weight excluding hydrogens is 493 g/mol. The van der Waals surface area contributed by atoms with Gasteiger partial charge in [0.05, 0.1) is 5.56 Å². The zero-order valence-corrected chi connectivity index (χ0v) is 19.5. The van der Waals surface area contributed by atoms with Crippen LogP contribution in [0.25, 0.3) is 10.6 Å². The Kier molecular flexibility index (Phi) is 6.51. The van der Waals surface area contributed by atoms with Gasteiger partial charge in [0.2, 0.25) is 6.79 Å². The molecule has 1 aliphatic heterocycles. The van der Waals surface area contributed by atoms with Crippen molar-refractivity contribution in [2.45, 2.75) is 19.3 Å². The number of ether oxygens (including phenoxy) is 3. The molecule has 6 nitrogen and oxygen atoms in total. The van der Waals surface area contributed by atoms with E-state index in [9.17, 15) is 18.0 Å². The molecular formula is C26H19F3N2O4S. The van der Waals surface area contributed by atoms with E-state index in [1.54, 1.807) is 17.5 Å². The van der Waals surface area contributed by atoms with Crippen LogP contribution < -0.4 is 19.5 Å². The normalized spacial score (nSPS) is 12.4. The molecule has 0 bridgehead atoms. The number of hydrogen-bond acceptors (Lipinski definition) is 6. The number of rotatable bonds is 7. The molecule has 4 aromatic rings. The summed E-state index contributed by atoms with van der Waals surface area (Å²) in [7, 11) is 0. The van der Waals surface area contributed by atoms with E-state index in [0.717, 1.165) is 23.3 Å². The smallest absolute Gasteiger partial charge is 0.416 e. The fraction of sp³-hybridized carbons (Fsp3) is 0.154. The number of thiazole rings is 1. The molecule has 1 aromatic heterocycles. The number of benzene rings is 3. The summed E-state index contributed by atoms with van der Waals surface area (Å²) in [6.45, 7) is 0.661. The largest absolute Gasteiger partial charge is 0.489 e. The van der Waals surface area contributed by atoms with Gasteiger partial charge in [-0.1, -0.05) is 18.2 Å². The second-order valence-electron chi connectivity index (χ2n) is 7.92. The number of nitrogens with one attached hydrogen (secondary N) is 1. The minimum absolute atomic E-state index is 0.141. The van der Waals surface area contributed by atoms with Gasteiger partial charge in [-0.3, -0.25) is 4.79 Å². The van der Waals surface area contributed by atoms with E-state index in [2.05, 4.69) is 10.3 Å². The van der Waals surface area contributed by atoms with E-state index in [-0.39, 0.29) is 19.3 Å². The molecule has 0 saturated carbocycles. The van der Waals surface area contributed by atoms with E-state index in [4.69, 9.17) is 14.2 Å². The third-order valence-electron chi connectivity index (χ3n) is 5.41. The summed E-state index contributed by atoms with van der Waals surface area (Å²) >= 11 is 1.35. The number of hydrogen-bond donors (Lipinski definition) is 1. The molecule has 1 amide bonds. The number of fused-ring (bicyclic) bond motifs is 1. The van der Waals surface area contributed by atoms with E-state index >= 15 is 0 Å². The summed E-state index contributed by atoms with van der Waals surface area (Å²) in [5, 5.41) is 5.22. The van der Waals surface area contributed by atoms with Crippen molar-refractivity contribution >= 4 is 17.2 Å². The second-order valence-corrected chi connectivity index (χ2v) is 8.77. The predicted octanol–water partition coefficient (Wildman–Crippen LogP) is 6.07. The van der Waals surface area contributed by atoms with Gasteiger partial charge in [-0.2, -0.15) is 13.2 Å². The van der Waals surface area contributed by atoms with Crippen LogP contribution >= 0.6 is 11.3 Å². The first kappa shape index (κ1) is 23.7. The summed E-state index contributed by atoms with van der Waals surface area (Å²) in [6, 6.07) is 17.5. The van der Waals surface area contributed by atoms with Crippen molar-refractivity contribution in [3.8, 4) is 27.8 Å². The standard InChI is InChI=1S/C26H19F3N2O4S/c27-26(28,29)19-6-1-16(2-7-19)13-33-20-8-4-18(5-9-20)25-31-21(14-36-25)24(32)30-12-17-3-10-22-23(11-17)35-15-34-22/h1-11,14H,12-13,15H2,(H,30,32). The Morgan fingerprint density at radius 3 is 2.44 bits per heavy atom. The first-order valence-corrected chi connectivity index (χ1v) is 11.7. The minimum Gasteiger partial charge on any atom is -0.489 e. The van der Waals surface area contributed by atoms with Crippen LogP contribution in [0.4, 0.5) is 13.2 Å². The zero-order chi connectivity index (χ0) is 25.1. The van der Waals surface area contributed by atoms with Gasteiger partial charge in [-0.15, -0.1) is 11.3 Å². The van der Waals surface area contributed by atoms with Gasteiger partial charge in [-0.25, -0.2) is 4.98 Å². The molecule has 0 aliphatic carbocycles.